The average molecular weight is 531 g/mol. The molecule has 1 aliphatic rings. The highest BCUT2D eigenvalue weighted by molar-refractivity contribution is 7.87. The Labute approximate surface area is 223 Å². The molecule has 1 saturated heterocycles. The van der Waals surface area contributed by atoms with Crippen LogP contribution < -0.4 is 14.4 Å². The number of carbonyl (C=O) groups excluding carboxylic acids is 1. The van der Waals surface area contributed by atoms with Gasteiger partial charge in [-0.2, -0.15) is 8.42 Å². The summed E-state index contributed by atoms with van der Waals surface area (Å²) in [7, 11) is -2.25. The Kier molecular flexibility index (Phi) is 7.57. The molecule has 1 amide bonds. The maximum atomic E-state index is 13.2. The Morgan fingerprint density at radius 3 is 2.39 bits per heavy atom. The molecule has 2 heterocycles. The van der Waals surface area contributed by atoms with Crippen LogP contribution in [0.5, 0.6) is 5.75 Å². The summed E-state index contributed by atoms with van der Waals surface area (Å²) < 4.78 is 31.4. The molecule has 8 nitrogen and oxygen atoms in total. The van der Waals surface area contributed by atoms with Crippen molar-refractivity contribution in [3.8, 4) is 5.75 Å². The fourth-order valence-corrected chi connectivity index (χ4v) is 5.91. The van der Waals surface area contributed by atoms with Gasteiger partial charge in [-0.15, -0.1) is 0 Å². The van der Waals surface area contributed by atoms with E-state index in [0.717, 1.165) is 24.0 Å². The Morgan fingerprint density at radius 2 is 1.68 bits per heavy atom. The number of rotatable bonds is 8. The minimum absolute atomic E-state index is 0.0635. The van der Waals surface area contributed by atoms with Crippen LogP contribution >= 0.6 is 0 Å². The lowest BCUT2D eigenvalue weighted by Crippen LogP contribution is -2.54. The van der Waals surface area contributed by atoms with Crippen LogP contribution in [0.3, 0.4) is 0 Å². The van der Waals surface area contributed by atoms with E-state index in [0.29, 0.717) is 24.9 Å². The summed E-state index contributed by atoms with van der Waals surface area (Å²) in [5, 5.41) is 4.42. The standard InChI is InChI=1S/C29H30N4O4S/c1-30-27(29(34)33-18-16-32(17-19-33)24-7-3-2-4-8-24)20-22-10-12-25(13-11-22)37-38(35,36)28-9-5-6-23-21-31-15-14-26(23)28/h2-15,21,27,30H,16-20H2,1H3/t27-/m1/s1. The van der Waals surface area contributed by atoms with Crippen molar-refractivity contribution < 1.29 is 17.4 Å². The van der Waals surface area contributed by atoms with Crippen molar-refractivity contribution in [3.05, 3.63) is 96.8 Å². The fourth-order valence-electron chi connectivity index (χ4n) is 4.76. The van der Waals surface area contributed by atoms with Crippen LogP contribution in [0, 0.1) is 0 Å². The van der Waals surface area contributed by atoms with Crippen molar-refractivity contribution in [2.45, 2.75) is 17.4 Å². The first-order chi connectivity index (χ1) is 18.4. The lowest BCUT2D eigenvalue weighted by atomic mass is 10.0. The molecule has 1 aromatic heterocycles. The Balaban J connectivity index is 1.21. The molecule has 9 heteroatoms. The van der Waals surface area contributed by atoms with Gasteiger partial charge in [0.15, 0.2) is 0 Å². The summed E-state index contributed by atoms with van der Waals surface area (Å²) in [6.45, 7) is 2.92. The zero-order valence-corrected chi connectivity index (χ0v) is 22.0. The average Bonchev–Trinajstić information content (AvgIpc) is 2.96. The lowest BCUT2D eigenvalue weighted by molar-refractivity contribution is -0.133. The Morgan fingerprint density at radius 1 is 0.947 bits per heavy atom. The van der Waals surface area contributed by atoms with Crippen LogP contribution in [0.4, 0.5) is 5.69 Å². The van der Waals surface area contributed by atoms with E-state index in [1.807, 2.05) is 23.1 Å². The van der Waals surface area contributed by atoms with E-state index in [1.165, 1.54) is 11.8 Å². The van der Waals surface area contributed by atoms with Crippen LogP contribution in [-0.2, 0) is 21.3 Å². The van der Waals surface area contributed by atoms with Gasteiger partial charge in [-0.05, 0) is 55.4 Å². The number of hydrogen-bond acceptors (Lipinski definition) is 7. The molecule has 1 N–H and O–H groups in total. The highest BCUT2D eigenvalue weighted by Gasteiger charge is 2.27. The number of fused-ring (bicyclic) bond motifs is 1. The van der Waals surface area contributed by atoms with E-state index in [4.69, 9.17) is 4.18 Å². The molecule has 0 aliphatic carbocycles. The summed E-state index contributed by atoms with van der Waals surface area (Å²) in [4.78, 5) is 21.6. The number of aromatic nitrogens is 1. The number of piperazine rings is 1. The van der Waals surface area contributed by atoms with Crippen molar-refractivity contribution in [1.29, 1.82) is 0 Å². The molecule has 0 saturated carbocycles. The lowest BCUT2D eigenvalue weighted by Gasteiger charge is -2.37. The quantitative estimate of drug-likeness (QED) is 0.349. The molecular weight excluding hydrogens is 500 g/mol. The molecule has 1 atom stereocenters. The molecule has 1 aliphatic heterocycles. The molecule has 0 spiro atoms. The van der Waals surface area contributed by atoms with Crippen LogP contribution in [0.1, 0.15) is 5.56 Å². The first-order valence-corrected chi connectivity index (χ1v) is 14.0. The highest BCUT2D eigenvalue weighted by Crippen LogP contribution is 2.26. The van der Waals surface area contributed by atoms with Crippen molar-refractivity contribution >= 4 is 32.5 Å². The number of benzene rings is 3. The number of amides is 1. The van der Waals surface area contributed by atoms with Gasteiger partial charge in [0, 0.05) is 55.0 Å². The first-order valence-electron chi connectivity index (χ1n) is 12.6. The van der Waals surface area contributed by atoms with E-state index in [1.54, 1.807) is 61.9 Å². The second-order valence-corrected chi connectivity index (χ2v) is 10.7. The summed E-state index contributed by atoms with van der Waals surface area (Å²) >= 11 is 0. The smallest absolute Gasteiger partial charge is 0.339 e. The SMILES string of the molecule is CN[C@H](Cc1ccc(OS(=O)(=O)c2cccc3cnccc23)cc1)C(=O)N1CCN(c2ccccc2)CC1. The van der Waals surface area contributed by atoms with Crippen LogP contribution in [0.2, 0.25) is 0 Å². The topological polar surface area (TPSA) is 91.8 Å². The molecule has 0 bridgehead atoms. The first kappa shape index (κ1) is 25.7. The number of nitrogens with one attached hydrogen (secondary N) is 1. The van der Waals surface area contributed by atoms with E-state index in [9.17, 15) is 13.2 Å². The zero-order valence-electron chi connectivity index (χ0n) is 21.2. The molecule has 0 unspecified atom stereocenters. The maximum Gasteiger partial charge on any atom is 0.339 e. The highest BCUT2D eigenvalue weighted by atomic mass is 32.2. The molecular formula is C29H30N4O4S. The minimum Gasteiger partial charge on any atom is -0.379 e. The van der Waals surface area contributed by atoms with Gasteiger partial charge in [0.2, 0.25) is 5.91 Å². The van der Waals surface area contributed by atoms with Crippen LogP contribution in [-0.4, -0.2) is 63.5 Å². The number of pyridine rings is 1. The number of hydrogen-bond donors (Lipinski definition) is 1. The van der Waals surface area contributed by atoms with Crippen molar-refractivity contribution in [2.75, 3.05) is 38.1 Å². The monoisotopic (exact) mass is 530 g/mol. The third-order valence-corrected chi connectivity index (χ3v) is 8.14. The van der Waals surface area contributed by atoms with Gasteiger partial charge < -0.3 is 19.3 Å². The van der Waals surface area contributed by atoms with E-state index < -0.39 is 10.1 Å². The summed E-state index contributed by atoms with van der Waals surface area (Å²) in [6, 6.07) is 23.3. The minimum atomic E-state index is -4.04. The molecule has 1 fully saturated rings. The van der Waals surface area contributed by atoms with Crippen molar-refractivity contribution in [1.82, 2.24) is 15.2 Å². The van der Waals surface area contributed by atoms with Gasteiger partial charge in [-0.3, -0.25) is 9.78 Å². The van der Waals surface area contributed by atoms with Crippen LogP contribution in [0.25, 0.3) is 10.8 Å². The number of anilines is 1. The predicted molar refractivity (Wildman–Crippen MR) is 148 cm³/mol. The van der Waals surface area contributed by atoms with Gasteiger partial charge in [-0.25, -0.2) is 0 Å². The van der Waals surface area contributed by atoms with Crippen molar-refractivity contribution in [2.24, 2.45) is 0 Å². The van der Waals surface area contributed by atoms with Gasteiger partial charge in [0.1, 0.15) is 10.6 Å². The van der Waals surface area contributed by atoms with Gasteiger partial charge >= 0.3 is 10.1 Å². The molecule has 196 valence electrons. The van der Waals surface area contributed by atoms with Crippen LogP contribution in [0.15, 0.2) is 96.2 Å². The summed E-state index contributed by atoms with van der Waals surface area (Å²) in [5.41, 5.74) is 2.08. The maximum absolute atomic E-state index is 13.2. The molecule has 5 rings (SSSR count). The van der Waals surface area contributed by atoms with E-state index in [2.05, 4.69) is 27.3 Å². The van der Waals surface area contributed by atoms with Gasteiger partial charge in [0.25, 0.3) is 0 Å². The number of carbonyl (C=O) groups is 1. The van der Waals surface area contributed by atoms with E-state index in [-0.39, 0.29) is 22.6 Å². The molecule has 0 radical (unpaired) electrons. The zero-order chi connectivity index (χ0) is 26.5. The summed E-state index contributed by atoms with van der Waals surface area (Å²) in [6.07, 6.45) is 3.65. The molecule has 3 aromatic carbocycles. The number of likely N-dealkylation sites (N-methyl/N-ethyl adjacent to an activating group) is 1. The number of nitrogens with zero attached hydrogens (tertiary/aromatic N) is 3. The third-order valence-electron chi connectivity index (χ3n) is 6.84. The fraction of sp³-hybridized carbons (Fsp3) is 0.241. The van der Waals surface area contributed by atoms with E-state index >= 15 is 0 Å². The van der Waals surface area contributed by atoms with Gasteiger partial charge in [0.05, 0.1) is 6.04 Å². The number of para-hydroxylation sites is 1. The predicted octanol–water partition coefficient (Wildman–Crippen LogP) is 3.48. The van der Waals surface area contributed by atoms with Gasteiger partial charge in [-0.1, -0.05) is 42.5 Å². The normalized spacial score (nSPS) is 14.9. The Hall–Kier alpha value is -3.95. The second-order valence-electron chi connectivity index (χ2n) is 9.23. The second kappa shape index (κ2) is 11.2. The van der Waals surface area contributed by atoms with Crippen molar-refractivity contribution in [3.63, 3.8) is 0 Å². The Bertz CT molecular complexity index is 1500. The molecule has 4 aromatic rings. The largest absolute Gasteiger partial charge is 0.379 e. The summed E-state index contributed by atoms with van der Waals surface area (Å²) in [5.74, 6) is 0.276. The third kappa shape index (κ3) is 5.64. The molecule has 38 heavy (non-hydrogen) atoms.